The SMILES string of the molecule is C=C(C)CC(C)N=C(C)NC(=C)c1cn(S(=O)(=O)c2ccccc2)c2c1CCC=C2. The van der Waals surface area contributed by atoms with Crippen LogP contribution in [0.1, 0.15) is 50.4 Å². The van der Waals surface area contributed by atoms with Crippen molar-refractivity contribution < 1.29 is 8.42 Å². The summed E-state index contributed by atoms with van der Waals surface area (Å²) in [7, 11) is -3.70. The van der Waals surface area contributed by atoms with E-state index < -0.39 is 10.0 Å². The zero-order valence-corrected chi connectivity index (χ0v) is 18.7. The monoisotopic (exact) mass is 423 g/mol. The minimum absolute atomic E-state index is 0.114. The summed E-state index contributed by atoms with van der Waals surface area (Å²) in [5, 5.41) is 3.25. The lowest BCUT2D eigenvalue weighted by Gasteiger charge is -2.14. The molecule has 1 aromatic heterocycles. The highest BCUT2D eigenvalue weighted by Gasteiger charge is 2.26. The van der Waals surface area contributed by atoms with E-state index in [1.807, 2.05) is 32.9 Å². The molecule has 5 nitrogen and oxygen atoms in total. The Morgan fingerprint density at radius 2 is 1.93 bits per heavy atom. The molecule has 0 amide bonds. The molecule has 0 bridgehead atoms. The zero-order valence-electron chi connectivity index (χ0n) is 17.9. The second-order valence-electron chi connectivity index (χ2n) is 7.79. The summed E-state index contributed by atoms with van der Waals surface area (Å²) in [6.45, 7) is 14.0. The van der Waals surface area contributed by atoms with Crippen molar-refractivity contribution in [3.05, 3.63) is 78.2 Å². The van der Waals surface area contributed by atoms with Crippen molar-refractivity contribution in [2.45, 2.75) is 51.0 Å². The molecule has 1 aliphatic carbocycles. The van der Waals surface area contributed by atoms with Gasteiger partial charge in [0.2, 0.25) is 0 Å². The number of fused-ring (bicyclic) bond motifs is 1. The fraction of sp³-hybridized carbons (Fsp3) is 0.292. The Hall–Kier alpha value is -2.86. The van der Waals surface area contributed by atoms with E-state index in [4.69, 9.17) is 0 Å². The summed E-state index contributed by atoms with van der Waals surface area (Å²) in [6.07, 6.45) is 8.00. The number of aromatic nitrogens is 1. The van der Waals surface area contributed by atoms with Gasteiger partial charge in [0, 0.05) is 17.5 Å². The van der Waals surface area contributed by atoms with E-state index in [9.17, 15) is 8.42 Å². The quantitative estimate of drug-likeness (QED) is 0.386. The molecular weight excluding hydrogens is 394 g/mol. The van der Waals surface area contributed by atoms with Crippen LogP contribution in [-0.4, -0.2) is 24.3 Å². The van der Waals surface area contributed by atoms with Crippen molar-refractivity contribution >= 4 is 27.6 Å². The molecular formula is C24H29N3O2S. The second-order valence-corrected chi connectivity index (χ2v) is 9.60. The van der Waals surface area contributed by atoms with Gasteiger partial charge in [0.1, 0.15) is 0 Å². The third-order valence-corrected chi connectivity index (χ3v) is 6.66. The highest BCUT2D eigenvalue weighted by atomic mass is 32.2. The molecule has 1 unspecified atom stereocenters. The summed E-state index contributed by atoms with van der Waals surface area (Å²) in [4.78, 5) is 4.90. The van der Waals surface area contributed by atoms with Crippen LogP contribution < -0.4 is 5.32 Å². The lowest BCUT2D eigenvalue weighted by atomic mass is 9.99. The smallest absolute Gasteiger partial charge is 0.268 e. The van der Waals surface area contributed by atoms with Crippen molar-refractivity contribution in [1.29, 1.82) is 0 Å². The first kappa shape index (κ1) is 21.8. The first-order valence-corrected chi connectivity index (χ1v) is 11.5. The minimum atomic E-state index is -3.70. The molecule has 0 saturated carbocycles. The number of hydrogen-bond acceptors (Lipinski definition) is 3. The van der Waals surface area contributed by atoms with Crippen LogP contribution >= 0.6 is 0 Å². The number of benzene rings is 1. The normalized spacial score (nSPS) is 14.8. The molecule has 0 fully saturated rings. The van der Waals surface area contributed by atoms with E-state index in [0.29, 0.717) is 11.4 Å². The lowest BCUT2D eigenvalue weighted by Crippen LogP contribution is -2.20. The molecule has 1 atom stereocenters. The number of nitrogens with zero attached hydrogens (tertiary/aromatic N) is 2. The molecule has 158 valence electrons. The largest absolute Gasteiger partial charge is 0.344 e. The third kappa shape index (κ3) is 4.65. The maximum atomic E-state index is 13.3. The zero-order chi connectivity index (χ0) is 21.9. The second kappa shape index (κ2) is 8.88. The number of aliphatic imine (C=N–C) groups is 1. The minimum Gasteiger partial charge on any atom is -0.344 e. The number of rotatable bonds is 7. The number of allylic oxidation sites excluding steroid dienone is 1. The summed E-state index contributed by atoms with van der Waals surface area (Å²) in [5.41, 5.74) is 4.20. The molecule has 0 radical (unpaired) electrons. The van der Waals surface area contributed by atoms with Gasteiger partial charge in [-0.25, -0.2) is 12.4 Å². The number of nitrogens with one attached hydrogen (secondary N) is 1. The van der Waals surface area contributed by atoms with Crippen LogP contribution in [0.15, 0.2) is 71.2 Å². The molecule has 0 spiro atoms. The maximum Gasteiger partial charge on any atom is 0.268 e. The number of hydrogen-bond donors (Lipinski definition) is 1. The summed E-state index contributed by atoms with van der Waals surface area (Å²) >= 11 is 0. The van der Waals surface area contributed by atoms with Gasteiger partial charge in [0.25, 0.3) is 10.0 Å². The van der Waals surface area contributed by atoms with Crippen LogP contribution in [0.25, 0.3) is 11.8 Å². The van der Waals surface area contributed by atoms with E-state index in [0.717, 1.165) is 41.8 Å². The first-order valence-electron chi connectivity index (χ1n) is 10.1. The van der Waals surface area contributed by atoms with Gasteiger partial charge in [-0.05, 0) is 63.8 Å². The average molecular weight is 424 g/mol. The molecule has 1 N–H and O–H groups in total. The summed E-state index contributed by atoms with van der Waals surface area (Å²) in [5.74, 6) is 0.743. The molecule has 0 saturated heterocycles. The molecule has 1 aliphatic rings. The van der Waals surface area contributed by atoms with Gasteiger partial charge in [-0.3, -0.25) is 4.99 Å². The van der Waals surface area contributed by atoms with Gasteiger partial charge in [0.15, 0.2) is 0 Å². The number of amidine groups is 1. The Balaban J connectivity index is 1.95. The first-order chi connectivity index (χ1) is 14.2. The van der Waals surface area contributed by atoms with Crippen LogP contribution in [0.2, 0.25) is 0 Å². The van der Waals surface area contributed by atoms with Crippen molar-refractivity contribution in [2.24, 2.45) is 4.99 Å². The third-order valence-electron chi connectivity index (χ3n) is 4.97. The Kier molecular flexibility index (Phi) is 6.46. The molecule has 6 heteroatoms. The Labute approximate surface area is 179 Å². The van der Waals surface area contributed by atoms with Gasteiger partial charge in [-0.1, -0.05) is 36.4 Å². The molecule has 1 aromatic carbocycles. The Bertz CT molecular complexity index is 1120. The Morgan fingerprint density at radius 1 is 1.23 bits per heavy atom. The molecule has 3 rings (SSSR count). The van der Waals surface area contributed by atoms with Gasteiger partial charge < -0.3 is 5.32 Å². The standard InChI is InChI=1S/C24H29N3O2S/c1-17(2)15-18(3)25-20(5)26-19(4)23-16-27(24-14-10-9-13-22(23)24)30(28,29)21-11-7-6-8-12-21/h6-8,10-12,14,16,18H,1,4,9,13,15H2,2-3,5H3,(H,25,26). The highest BCUT2D eigenvalue weighted by molar-refractivity contribution is 7.90. The van der Waals surface area contributed by atoms with Crippen molar-refractivity contribution in [2.75, 3.05) is 0 Å². The van der Waals surface area contributed by atoms with Crippen LogP contribution in [0, 0.1) is 0 Å². The maximum absolute atomic E-state index is 13.3. The van der Waals surface area contributed by atoms with E-state index >= 15 is 0 Å². The van der Waals surface area contributed by atoms with E-state index in [1.54, 1.807) is 36.5 Å². The average Bonchev–Trinajstić information content (AvgIpc) is 3.08. The fourth-order valence-corrected chi connectivity index (χ4v) is 5.16. The fourth-order valence-electron chi connectivity index (χ4n) is 3.76. The lowest BCUT2D eigenvalue weighted by molar-refractivity contribution is 0.587. The van der Waals surface area contributed by atoms with Gasteiger partial charge in [0.05, 0.1) is 22.5 Å². The van der Waals surface area contributed by atoms with Gasteiger partial charge in [-0.2, -0.15) is 0 Å². The summed E-state index contributed by atoms with van der Waals surface area (Å²) < 4.78 is 27.9. The predicted molar refractivity (Wildman–Crippen MR) is 125 cm³/mol. The topological polar surface area (TPSA) is 63.5 Å². The van der Waals surface area contributed by atoms with E-state index in [2.05, 4.69) is 23.5 Å². The predicted octanol–water partition coefficient (Wildman–Crippen LogP) is 5.02. The molecule has 30 heavy (non-hydrogen) atoms. The van der Waals surface area contributed by atoms with E-state index in [1.165, 1.54) is 3.97 Å². The molecule has 2 aromatic rings. The summed E-state index contributed by atoms with van der Waals surface area (Å²) in [6, 6.07) is 8.60. The van der Waals surface area contributed by atoms with Gasteiger partial charge in [-0.15, -0.1) is 6.58 Å². The van der Waals surface area contributed by atoms with Crippen molar-refractivity contribution in [3.63, 3.8) is 0 Å². The van der Waals surface area contributed by atoms with Gasteiger partial charge >= 0.3 is 0 Å². The van der Waals surface area contributed by atoms with Crippen LogP contribution in [0.5, 0.6) is 0 Å². The van der Waals surface area contributed by atoms with Crippen LogP contribution in [0.4, 0.5) is 0 Å². The van der Waals surface area contributed by atoms with Crippen molar-refractivity contribution in [3.8, 4) is 0 Å². The highest BCUT2D eigenvalue weighted by Crippen LogP contribution is 2.31. The Morgan fingerprint density at radius 3 is 2.60 bits per heavy atom. The van der Waals surface area contributed by atoms with E-state index in [-0.39, 0.29) is 10.9 Å². The molecule has 1 heterocycles. The van der Waals surface area contributed by atoms with Crippen molar-refractivity contribution in [1.82, 2.24) is 9.29 Å². The van der Waals surface area contributed by atoms with Crippen LogP contribution in [-0.2, 0) is 16.4 Å². The van der Waals surface area contributed by atoms with Crippen LogP contribution in [0.3, 0.4) is 0 Å². The molecule has 0 aliphatic heterocycles.